The molecule has 140 valence electrons. The fourth-order valence-electron chi connectivity index (χ4n) is 2.56. The molecule has 3 heterocycles. The van der Waals surface area contributed by atoms with E-state index in [1.165, 1.54) is 23.1 Å². The Labute approximate surface area is 169 Å². The van der Waals surface area contributed by atoms with Gasteiger partial charge in [-0.3, -0.25) is 14.3 Å². The van der Waals surface area contributed by atoms with Crippen LogP contribution in [0.15, 0.2) is 66.2 Å². The Bertz CT molecular complexity index is 1080. The number of aromatic nitrogens is 5. The van der Waals surface area contributed by atoms with Gasteiger partial charge in [-0.15, -0.1) is 21.5 Å². The van der Waals surface area contributed by atoms with E-state index in [0.29, 0.717) is 16.1 Å². The molecular formula is C19H16N6OS2. The molecule has 0 unspecified atom stereocenters. The third kappa shape index (κ3) is 4.10. The first-order chi connectivity index (χ1) is 13.7. The maximum atomic E-state index is 12.3. The number of nitrogens with one attached hydrogen (secondary N) is 1. The summed E-state index contributed by atoms with van der Waals surface area (Å²) >= 11 is 2.78. The van der Waals surface area contributed by atoms with Crippen molar-refractivity contribution >= 4 is 34.1 Å². The Morgan fingerprint density at radius 1 is 1.14 bits per heavy atom. The zero-order valence-corrected chi connectivity index (χ0v) is 16.6. The van der Waals surface area contributed by atoms with Gasteiger partial charge in [0.15, 0.2) is 16.1 Å². The number of carbonyl (C=O) groups is 1. The Morgan fingerprint density at radius 2 is 1.93 bits per heavy atom. The Morgan fingerprint density at radius 3 is 2.64 bits per heavy atom. The molecule has 0 aliphatic heterocycles. The van der Waals surface area contributed by atoms with E-state index >= 15 is 0 Å². The molecule has 4 aromatic rings. The summed E-state index contributed by atoms with van der Waals surface area (Å²) < 4.78 is 1.95. The van der Waals surface area contributed by atoms with Crippen LogP contribution in [0.1, 0.15) is 4.88 Å². The number of carbonyl (C=O) groups excluding carboxylic acids is 1. The second-order valence-corrected chi connectivity index (χ2v) is 8.00. The summed E-state index contributed by atoms with van der Waals surface area (Å²) in [5.74, 6) is 0.777. The number of pyridine rings is 1. The Hall–Kier alpha value is -3.04. The number of nitrogens with zero attached hydrogens (tertiary/aromatic N) is 5. The first-order valence-electron chi connectivity index (χ1n) is 8.47. The smallest absolute Gasteiger partial charge is 0.236 e. The molecule has 0 radical (unpaired) electrons. The number of hydrogen-bond acceptors (Lipinski definition) is 7. The first kappa shape index (κ1) is 18.3. The van der Waals surface area contributed by atoms with E-state index in [1.807, 2.05) is 54.0 Å². The van der Waals surface area contributed by atoms with Crippen LogP contribution in [0, 0.1) is 6.92 Å². The highest BCUT2D eigenvalue weighted by atomic mass is 32.2. The zero-order chi connectivity index (χ0) is 19.3. The summed E-state index contributed by atoms with van der Waals surface area (Å²) in [6, 6.07) is 13.6. The second-order valence-electron chi connectivity index (χ2n) is 5.83. The predicted molar refractivity (Wildman–Crippen MR) is 111 cm³/mol. The average molecular weight is 409 g/mol. The van der Waals surface area contributed by atoms with Gasteiger partial charge in [0.2, 0.25) is 5.91 Å². The van der Waals surface area contributed by atoms with Crippen LogP contribution in [0.4, 0.5) is 5.13 Å². The number of hydrogen-bond donors (Lipinski definition) is 1. The maximum Gasteiger partial charge on any atom is 0.236 e. The van der Waals surface area contributed by atoms with Crippen molar-refractivity contribution in [2.45, 2.75) is 12.1 Å². The normalized spacial score (nSPS) is 10.8. The van der Waals surface area contributed by atoms with Crippen molar-refractivity contribution < 1.29 is 4.79 Å². The molecule has 0 spiro atoms. The summed E-state index contributed by atoms with van der Waals surface area (Å²) in [4.78, 5) is 21.6. The fraction of sp³-hybridized carbons (Fsp3) is 0.105. The molecule has 1 aromatic carbocycles. The van der Waals surface area contributed by atoms with E-state index < -0.39 is 0 Å². The van der Waals surface area contributed by atoms with Crippen molar-refractivity contribution in [3.63, 3.8) is 0 Å². The molecule has 0 saturated heterocycles. The van der Waals surface area contributed by atoms with Crippen LogP contribution >= 0.6 is 23.1 Å². The molecule has 1 amide bonds. The van der Waals surface area contributed by atoms with Crippen LogP contribution in [0.5, 0.6) is 0 Å². The van der Waals surface area contributed by atoms with Crippen LogP contribution in [-0.2, 0) is 4.79 Å². The molecule has 7 nitrogen and oxygen atoms in total. The van der Waals surface area contributed by atoms with Crippen LogP contribution in [-0.4, -0.2) is 36.4 Å². The molecule has 0 fully saturated rings. The zero-order valence-electron chi connectivity index (χ0n) is 14.9. The van der Waals surface area contributed by atoms with Gasteiger partial charge >= 0.3 is 0 Å². The van der Waals surface area contributed by atoms with E-state index in [0.717, 1.165) is 16.1 Å². The van der Waals surface area contributed by atoms with Gasteiger partial charge in [0.1, 0.15) is 0 Å². The highest BCUT2D eigenvalue weighted by Crippen LogP contribution is 2.27. The van der Waals surface area contributed by atoms with Crippen molar-refractivity contribution in [1.29, 1.82) is 0 Å². The number of rotatable bonds is 6. The van der Waals surface area contributed by atoms with Gasteiger partial charge in [0.05, 0.1) is 5.75 Å². The van der Waals surface area contributed by atoms with Crippen molar-refractivity contribution in [1.82, 2.24) is 24.7 Å². The highest BCUT2D eigenvalue weighted by molar-refractivity contribution is 7.99. The number of para-hydroxylation sites is 1. The molecule has 1 N–H and O–H groups in total. The van der Waals surface area contributed by atoms with Crippen molar-refractivity contribution in [3.05, 3.63) is 65.9 Å². The lowest BCUT2D eigenvalue weighted by Gasteiger charge is -2.10. The van der Waals surface area contributed by atoms with Gasteiger partial charge in [-0.25, -0.2) is 4.98 Å². The topological polar surface area (TPSA) is 85.6 Å². The lowest BCUT2D eigenvalue weighted by Crippen LogP contribution is -2.14. The lowest BCUT2D eigenvalue weighted by atomic mass is 10.2. The molecule has 0 atom stereocenters. The SMILES string of the molecule is Cc1cnc(NC(=O)CSc2nnc(-c3ccncc3)n2-c2ccccc2)s1. The summed E-state index contributed by atoms with van der Waals surface area (Å²) in [5.41, 5.74) is 1.83. The van der Waals surface area contributed by atoms with E-state index in [1.54, 1.807) is 18.6 Å². The number of amides is 1. The number of aryl methyl sites for hydroxylation is 1. The van der Waals surface area contributed by atoms with Crippen LogP contribution in [0.3, 0.4) is 0 Å². The number of anilines is 1. The second kappa shape index (κ2) is 8.32. The highest BCUT2D eigenvalue weighted by Gasteiger charge is 2.17. The predicted octanol–water partition coefficient (Wildman–Crippen LogP) is 3.83. The molecule has 9 heteroatoms. The quantitative estimate of drug-likeness (QED) is 0.488. The number of thiazole rings is 1. The molecule has 4 rings (SSSR count). The minimum atomic E-state index is -0.132. The van der Waals surface area contributed by atoms with Gasteiger partial charge in [-0.2, -0.15) is 0 Å². The standard InChI is InChI=1S/C19H16N6OS2/c1-13-11-21-18(28-13)22-16(26)12-27-19-24-23-17(14-7-9-20-10-8-14)25(19)15-5-3-2-4-6-15/h2-11H,12H2,1H3,(H,21,22,26). The molecule has 0 saturated carbocycles. The van der Waals surface area contributed by atoms with Gasteiger partial charge in [-0.05, 0) is 31.2 Å². The average Bonchev–Trinajstić information content (AvgIpc) is 3.33. The summed E-state index contributed by atoms with van der Waals surface area (Å²) in [5, 5.41) is 12.7. The monoisotopic (exact) mass is 408 g/mol. The minimum absolute atomic E-state index is 0.132. The molecule has 0 aliphatic carbocycles. The molecular weight excluding hydrogens is 392 g/mol. The van der Waals surface area contributed by atoms with Gasteiger partial charge in [-0.1, -0.05) is 30.0 Å². The van der Waals surface area contributed by atoms with Crippen LogP contribution in [0.2, 0.25) is 0 Å². The fourth-order valence-corrected chi connectivity index (χ4v) is 3.99. The van der Waals surface area contributed by atoms with Crippen LogP contribution in [0.25, 0.3) is 17.1 Å². The summed E-state index contributed by atoms with van der Waals surface area (Å²) in [7, 11) is 0. The van der Waals surface area contributed by atoms with Gasteiger partial charge in [0.25, 0.3) is 0 Å². The van der Waals surface area contributed by atoms with Crippen molar-refractivity contribution in [3.8, 4) is 17.1 Å². The first-order valence-corrected chi connectivity index (χ1v) is 10.3. The molecule has 0 aliphatic rings. The number of benzene rings is 1. The third-order valence-corrected chi connectivity index (χ3v) is 5.54. The number of thioether (sulfide) groups is 1. The lowest BCUT2D eigenvalue weighted by molar-refractivity contribution is -0.113. The Kier molecular flexibility index (Phi) is 5.45. The minimum Gasteiger partial charge on any atom is -0.301 e. The molecule has 3 aromatic heterocycles. The van der Waals surface area contributed by atoms with Crippen LogP contribution < -0.4 is 5.32 Å². The van der Waals surface area contributed by atoms with E-state index in [-0.39, 0.29) is 11.7 Å². The van der Waals surface area contributed by atoms with Gasteiger partial charge < -0.3 is 5.32 Å². The van der Waals surface area contributed by atoms with E-state index in [2.05, 4.69) is 25.5 Å². The Balaban J connectivity index is 1.58. The van der Waals surface area contributed by atoms with E-state index in [4.69, 9.17) is 0 Å². The maximum absolute atomic E-state index is 12.3. The molecule has 0 bridgehead atoms. The largest absolute Gasteiger partial charge is 0.301 e. The van der Waals surface area contributed by atoms with Crippen molar-refractivity contribution in [2.75, 3.05) is 11.1 Å². The van der Waals surface area contributed by atoms with E-state index in [9.17, 15) is 4.79 Å². The third-order valence-electron chi connectivity index (χ3n) is 3.79. The summed E-state index contributed by atoms with van der Waals surface area (Å²) in [6.45, 7) is 1.95. The summed E-state index contributed by atoms with van der Waals surface area (Å²) in [6.07, 6.45) is 5.17. The van der Waals surface area contributed by atoms with Crippen molar-refractivity contribution in [2.24, 2.45) is 0 Å². The van der Waals surface area contributed by atoms with Gasteiger partial charge in [0, 0.05) is 34.7 Å². The molecule has 28 heavy (non-hydrogen) atoms.